The lowest BCUT2D eigenvalue weighted by molar-refractivity contribution is 0.192. The van der Waals surface area contributed by atoms with Crippen LogP contribution >= 0.6 is 23.2 Å². The van der Waals surface area contributed by atoms with Gasteiger partial charge >= 0.3 is 0 Å². The molecule has 2 aromatic rings. The van der Waals surface area contributed by atoms with Gasteiger partial charge in [0.15, 0.2) is 0 Å². The van der Waals surface area contributed by atoms with Crippen molar-refractivity contribution in [3.63, 3.8) is 0 Å². The Morgan fingerprint density at radius 3 is 2.48 bits per heavy atom. The van der Waals surface area contributed by atoms with Gasteiger partial charge in [-0.25, -0.2) is 4.39 Å². The van der Waals surface area contributed by atoms with E-state index in [1.54, 1.807) is 18.2 Å². The first kappa shape index (κ1) is 15.6. The van der Waals surface area contributed by atoms with Gasteiger partial charge in [-0.3, -0.25) is 0 Å². The van der Waals surface area contributed by atoms with Crippen molar-refractivity contribution in [2.45, 2.75) is 6.10 Å². The minimum atomic E-state index is -0.985. The summed E-state index contributed by atoms with van der Waals surface area (Å²) < 4.78 is 13.7. The number of hydrogen-bond donors (Lipinski definition) is 2. The Morgan fingerprint density at radius 1 is 1.24 bits per heavy atom. The Hall–Kier alpha value is -1.80. The van der Waals surface area contributed by atoms with Crippen molar-refractivity contribution in [2.24, 2.45) is 0 Å². The largest absolute Gasteiger partial charge is 0.386 e. The van der Waals surface area contributed by atoms with Gasteiger partial charge in [0.05, 0.1) is 23.4 Å². The normalized spacial score (nSPS) is 11.8. The fourth-order valence-corrected chi connectivity index (χ4v) is 2.52. The SMILES string of the molecule is N#Cc1ccc(NCC(O)c2c(Cl)cccc2Cl)c(F)c1. The van der Waals surface area contributed by atoms with Crippen molar-refractivity contribution in [1.82, 2.24) is 0 Å². The van der Waals surface area contributed by atoms with E-state index in [9.17, 15) is 9.50 Å². The fraction of sp³-hybridized carbons (Fsp3) is 0.133. The average molecular weight is 325 g/mol. The van der Waals surface area contributed by atoms with Crippen molar-refractivity contribution in [2.75, 3.05) is 11.9 Å². The summed E-state index contributed by atoms with van der Waals surface area (Å²) in [5, 5.41) is 22.3. The summed E-state index contributed by atoms with van der Waals surface area (Å²) in [5.41, 5.74) is 0.811. The van der Waals surface area contributed by atoms with Crippen LogP contribution < -0.4 is 5.32 Å². The number of aliphatic hydroxyl groups excluding tert-OH is 1. The summed E-state index contributed by atoms with van der Waals surface area (Å²) in [6, 6.07) is 10.8. The summed E-state index contributed by atoms with van der Waals surface area (Å²) in [4.78, 5) is 0. The molecule has 1 unspecified atom stereocenters. The van der Waals surface area contributed by atoms with E-state index < -0.39 is 11.9 Å². The highest BCUT2D eigenvalue weighted by Gasteiger charge is 2.15. The summed E-state index contributed by atoms with van der Waals surface area (Å²) in [6.07, 6.45) is -0.985. The summed E-state index contributed by atoms with van der Waals surface area (Å²) in [6.45, 7) is 0.0340. The molecule has 2 rings (SSSR count). The Bertz CT molecular complexity index is 680. The Balaban J connectivity index is 2.11. The first-order valence-corrected chi connectivity index (χ1v) is 6.84. The summed E-state index contributed by atoms with van der Waals surface area (Å²) in [7, 11) is 0. The molecular formula is C15H11Cl2FN2O. The third-order valence-electron chi connectivity index (χ3n) is 2.92. The fourth-order valence-electron chi connectivity index (χ4n) is 1.87. The van der Waals surface area contributed by atoms with Gasteiger partial charge in [0.2, 0.25) is 0 Å². The Labute approximate surface area is 131 Å². The number of benzene rings is 2. The minimum Gasteiger partial charge on any atom is -0.386 e. The number of halogens is 3. The van der Waals surface area contributed by atoms with Crippen LogP contribution in [0.5, 0.6) is 0 Å². The zero-order valence-electron chi connectivity index (χ0n) is 10.8. The monoisotopic (exact) mass is 324 g/mol. The van der Waals surface area contributed by atoms with E-state index in [0.717, 1.165) is 6.07 Å². The zero-order chi connectivity index (χ0) is 15.4. The molecule has 0 saturated carbocycles. The standard InChI is InChI=1S/C15H11Cl2FN2O/c16-10-2-1-3-11(17)15(10)14(21)8-20-13-5-4-9(7-19)6-12(13)18/h1-6,14,20-21H,8H2. The first-order chi connectivity index (χ1) is 10.0. The number of nitrogens with zero attached hydrogens (tertiary/aromatic N) is 1. The van der Waals surface area contributed by atoms with Crippen LogP contribution in [0.2, 0.25) is 10.0 Å². The second kappa shape index (κ2) is 6.77. The predicted molar refractivity (Wildman–Crippen MR) is 81.0 cm³/mol. The van der Waals surface area contributed by atoms with Crippen molar-refractivity contribution in [3.05, 3.63) is 63.4 Å². The molecule has 0 saturated heterocycles. The van der Waals surface area contributed by atoms with E-state index in [0.29, 0.717) is 15.6 Å². The molecule has 0 bridgehead atoms. The van der Waals surface area contributed by atoms with Gasteiger partial charge in [0.25, 0.3) is 0 Å². The highest BCUT2D eigenvalue weighted by atomic mass is 35.5. The molecule has 0 amide bonds. The summed E-state index contributed by atoms with van der Waals surface area (Å²) >= 11 is 12.0. The highest BCUT2D eigenvalue weighted by molar-refractivity contribution is 6.36. The molecule has 108 valence electrons. The van der Waals surface area contributed by atoms with Gasteiger partial charge in [0, 0.05) is 22.2 Å². The van der Waals surface area contributed by atoms with Crippen LogP contribution in [0.25, 0.3) is 0 Å². The second-order valence-electron chi connectivity index (χ2n) is 4.34. The van der Waals surface area contributed by atoms with Gasteiger partial charge in [-0.15, -0.1) is 0 Å². The number of aliphatic hydroxyl groups is 1. The predicted octanol–water partition coefficient (Wildman–Crippen LogP) is 4.15. The van der Waals surface area contributed by atoms with Crippen LogP contribution in [0.15, 0.2) is 36.4 Å². The van der Waals surface area contributed by atoms with Crippen LogP contribution in [0.3, 0.4) is 0 Å². The molecule has 0 heterocycles. The van der Waals surface area contributed by atoms with Gasteiger partial charge in [-0.1, -0.05) is 29.3 Å². The van der Waals surface area contributed by atoms with Gasteiger partial charge < -0.3 is 10.4 Å². The molecular weight excluding hydrogens is 314 g/mol. The molecule has 1 atom stereocenters. The highest BCUT2D eigenvalue weighted by Crippen LogP contribution is 2.30. The van der Waals surface area contributed by atoms with Crippen molar-refractivity contribution in [3.8, 4) is 6.07 Å². The van der Waals surface area contributed by atoms with Crippen LogP contribution in [0.4, 0.5) is 10.1 Å². The summed E-state index contributed by atoms with van der Waals surface area (Å²) in [5.74, 6) is -0.563. The van der Waals surface area contributed by atoms with Gasteiger partial charge in [-0.2, -0.15) is 5.26 Å². The maximum Gasteiger partial charge on any atom is 0.147 e. The second-order valence-corrected chi connectivity index (χ2v) is 5.15. The van der Waals surface area contributed by atoms with Gasteiger partial charge in [-0.05, 0) is 30.3 Å². The maximum absolute atomic E-state index is 13.7. The van der Waals surface area contributed by atoms with E-state index in [-0.39, 0.29) is 17.8 Å². The van der Waals surface area contributed by atoms with Crippen LogP contribution in [-0.4, -0.2) is 11.7 Å². The van der Waals surface area contributed by atoms with Crippen molar-refractivity contribution >= 4 is 28.9 Å². The lowest BCUT2D eigenvalue weighted by Crippen LogP contribution is -2.14. The molecule has 0 fully saturated rings. The first-order valence-electron chi connectivity index (χ1n) is 6.08. The van der Waals surface area contributed by atoms with E-state index in [4.69, 9.17) is 28.5 Å². The lowest BCUT2D eigenvalue weighted by atomic mass is 10.1. The molecule has 0 spiro atoms. The van der Waals surface area contributed by atoms with E-state index >= 15 is 0 Å². The third kappa shape index (κ3) is 3.64. The van der Waals surface area contributed by atoms with Crippen LogP contribution in [0, 0.1) is 17.1 Å². The molecule has 2 aromatic carbocycles. The smallest absolute Gasteiger partial charge is 0.147 e. The number of rotatable bonds is 4. The quantitative estimate of drug-likeness (QED) is 0.888. The average Bonchev–Trinajstić information content (AvgIpc) is 2.45. The van der Waals surface area contributed by atoms with E-state index in [1.165, 1.54) is 12.1 Å². The number of hydrogen-bond acceptors (Lipinski definition) is 3. The number of anilines is 1. The zero-order valence-corrected chi connectivity index (χ0v) is 12.3. The molecule has 2 N–H and O–H groups in total. The molecule has 21 heavy (non-hydrogen) atoms. The minimum absolute atomic E-state index is 0.0340. The number of nitriles is 1. The number of nitrogens with one attached hydrogen (secondary N) is 1. The van der Waals surface area contributed by atoms with Crippen molar-refractivity contribution in [1.29, 1.82) is 5.26 Å². The maximum atomic E-state index is 13.7. The van der Waals surface area contributed by atoms with Crippen molar-refractivity contribution < 1.29 is 9.50 Å². The molecule has 0 aliphatic heterocycles. The topological polar surface area (TPSA) is 56.0 Å². The molecule has 0 aromatic heterocycles. The van der Waals surface area contributed by atoms with Crippen LogP contribution in [-0.2, 0) is 0 Å². The molecule has 0 aliphatic rings. The van der Waals surface area contributed by atoms with E-state index in [2.05, 4.69) is 5.32 Å². The lowest BCUT2D eigenvalue weighted by Gasteiger charge is -2.16. The van der Waals surface area contributed by atoms with Crippen LogP contribution in [0.1, 0.15) is 17.2 Å². The van der Waals surface area contributed by atoms with Gasteiger partial charge in [0.1, 0.15) is 5.82 Å². The molecule has 0 aliphatic carbocycles. The molecule has 0 radical (unpaired) electrons. The Kier molecular flexibility index (Phi) is 5.03. The Morgan fingerprint density at radius 2 is 1.90 bits per heavy atom. The molecule has 3 nitrogen and oxygen atoms in total. The third-order valence-corrected chi connectivity index (χ3v) is 3.58. The van der Waals surface area contributed by atoms with E-state index in [1.807, 2.05) is 6.07 Å². The molecule has 6 heteroatoms.